The van der Waals surface area contributed by atoms with Gasteiger partial charge < -0.3 is 30.0 Å². The van der Waals surface area contributed by atoms with E-state index in [2.05, 4.69) is 37.9 Å². The molecule has 3 atom stereocenters. The minimum atomic E-state index is -0.574. The molecule has 5 aromatic carbocycles. The van der Waals surface area contributed by atoms with Gasteiger partial charge in [0.25, 0.3) is 0 Å². The number of aromatic nitrogens is 3. The standard InChI is InChI=1S/C40H37N5O5S/c46-24-27-10-12-29(13-11-27)37-22-35(25-51-40-42-26-43-45-40)49-38(50-37)30-16-14-28(15-17-30)36-9-5-4-6-31(36)23-41-39(47)44-32-18-20-34(21-19-32)48-33-7-2-1-3-8-33/h1-21,26,35,37-38,46H,22-25H2,(H2,41,44,47)(H,42,43,45). The molecule has 1 saturated heterocycles. The molecule has 4 N–H and O–H groups in total. The van der Waals surface area contributed by atoms with Crippen LogP contribution in [0.4, 0.5) is 10.5 Å². The van der Waals surface area contributed by atoms with Crippen molar-refractivity contribution in [3.05, 3.63) is 156 Å². The number of anilines is 1. The lowest BCUT2D eigenvalue weighted by atomic mass is 9.98. The minimum Gasteiger partial charge on any atom is -0.457 e. The molecule has 2 heterocycles. The third kappa shape index (κ3) is 9.02. The van der Waals surface area contributed by atoms with Crippen LogP contribution in [0.25, 0.3) is 11.1 Å². The molecule has 0 aliphatic carbocycles. The third-order valence-corrected chi connectivity index (χ3v) is 9.46. The average Bonchev–Trinajstić information content (AvgIpc) is 3.72. The number of amides is 2. The number of aliphatic hydroxyl groups is 1. The lowest BCUT2D eigenvalue weighted by molar-refractivity contribution is -0.245. The number of hydrogen-bond acceptors (Lipinski definition) is 8. The Hall–Kier alpha value is -5.46. The summed E-state index contributed by atoms with van der Waals surface area (Å²) in [6.45, 7) is 0.336. The molecule has 1 aromatic heterocycles. The maximum Gasteiger partial charge on any atom is 0.319 e. The van der Waals surface area contributed by atoms with E-state index in [0.717, 1.165) is 44.3 Å². The number of H-pyrrole nitrogens is 1. The van der Waals surface area contributed by atoms with Crippen LogP contribution in [0.2, 0.25) is 0 Å². The van der Waals surface area contributed by atoms with E-state index in [1.165, 1.54) is 6.33 Å². The zero-order valence-corrected chi connectivity index (χ0v) is 28.5. The van der Waals surface area contributed by atoms with Crippen LogP contribution in [-0.2, 0) is 22.6 Å². The molecule has 258 valence electrons. The van der Waals surface area contributed by atoms with Gasteiger partial charge in [-0.25, -0.2) is 9.78 Å². The summed E-state index contributed by atoms with van der Waals surface area (Å²) in [4.78, 5) is 17.1. The minimum absolute atomic E-state index is 0.00674. The zero-order valence-electron chi connectivity index (χ0n) is 27.6. The van der Waals surface area contributed by atoms with Crippen molar-refractivity contribution in [2.24, 2.45) is 0 Å². The van der Waals surface area contributed by atoms with Crippen molar-refractivity contribution in [1.29, 1.82) is 0 Å². The molecule has 2 amide bonds. The van der Waals surface area contributed by atoms with Crippen LogP contribution < -0.4 is 15.4 Å². The van der Waals surface area contributed by atoms with Gasteiger partial charge in [-0.1, -0.05) is 103 Å². The number of nitrogens with one attached hydrogen (secondary N) is 3. The summed E-state index contributed by atoms with van der Waals surface area (Å²) in [6, 6.07) is 40.5. The van der Waals surface area contributed by atoms with E-state index in [1.807, 2.05) is 103 Å². The van der Waals surface area contributed by atoms with Crippen LogP contribution in [0, 0.1) is 0 Å². The van der Waals surface area contributed by atoms with E-state index in [-0.39, 0.29) is 24.8 Å². The zero-order chi connectivity index (χ0) is 34.8. The number of para-hydroxylation sites is 1. The first-order valence-corrected chi connectivity index (χ1v) is 17.6. The van der Waals surface area contributed by atoms with Crippen LogP contribution in [0.3, 0.4) is 0 Å². The number of aliphatic hydroxyl groups excluding tert-OH is 1. The number of urea groups is 1. The maximum absolute atomic E-state index is 12.8. The molecule has 1 fully saturated rings. The third-order valence-electron chi connectivity index (χ3n) is 8.46. The first-order chi connectivity index (χ1) is 25.1. The highest BCUT2D eigenvalue weighted by Gasteiger charge is 2.32. The summed E-state index contributed by atoms with van der Waals surface area (Å²) in [5, 5.41) is 23.0. The molecule has 0 radical (unpaired) electrons. The Balaban J connectivity index is 0.994. The van der Waals surface area contributed by atoms with E-state index in [9.17, 15) is 9.90 Å². The number of rotatable bonds is 12. The highest BCUT2D eigenvalue weighted by molar-refractivity contribution is 7.99. The average molecular weight is 700 g/mol. The van der Waals surface area contributed by atoms with Gasteiger partial charge in [0.1, 0.15) is 17.8 Å². The molecule has 1 aliphatic heterocycles. The lowest BCUT2D eigenvalue weighted by Crippen LogP contribution is -2.31. The Bertz CT molecular complexity index is 1990. The summed E-state index contributed by atoms with van der Waals surface area (Å²) < 4.78 is 18.8. The summed E-state index contributed by atoms with van der Waals surface area (Å²) >= 11 is 1.56. The largest absolute Gasteiger partial charge is 0.457 e. The summed E-state index contributed by atoms with van der Waals surface area (Å²) in [7, 11) is 0. The van der Waals surface area contributed by atoms with Gasteiger partial charge in [-0.05, 0) is 64.2 Å². The number of thioether (sulfide) groups is 1. The number of nitrogens with zero attached hydrogens (tertiary/aromatic N) is 2. The second-order valence-electron chi connectivity index (χ2n) is 12.0. The Kier molecular flexibility index (Phi) is 11.0. The second-order valence-corrected chi connectivity index (χ2v) is 13.0. The second kappa shape index (κ2) is 16.5. The predicted molar refractivity (Wildman–Crippen MR) is 196 cm³/mol. The number of hydrogen-bond donors (Lipinski definition) is 4. The van der Waals surface area contributed by atoms with Gasteiger partial charge in [0, 0.05) is 30.0 Å². The first-order valence-electron chi connectivity index (χ1n) is 16.6. The van der Waals surface area contributed by atoms with Gasteiger partial charge in [0.2, 0.25) is 0 Å². The van der Waals surface area contributed by atoms with Gasteiger partial charge in [-0.3, -0.25) is 5.10 Å². The van der Waals surface area contributed by atoms with E-state index in [4.69, 9.17) is 14.2 Å². The Morgan fingerprint density at radius 3 is 2.31 bits per heavy atom. The van der Waals surface area contributed by atoms with Crippen LogP contribution in [0.1, 0.15) is 41.1 Å². The van der Waals surface area contributed by atoms with Crippen LogP contribution >= 0.6 is 11.8 Å². The SMILES string of the molecule is O=C(NCc1ccccc1-c1ccc(C2OC(CSc3ncn[nH]3)CC(c3ccc(CO)cc3)O2)cc1)Nc1ccc(Oc2ccccc2)cc1. The van der Waals surface area contributed by atoms with Crippen molar-refractivity contribution in [3.8, 4) is 22.6 Å². The quantitative estimate of drug-likeness (QED) is 0.0937. The Labute approximate surface area is 300 Å². The fourth-order valence-corrected chi connectivity index (χ4v) is 6.61. The molecule has 10 nitrogen and oxygen atoms in total. The van der Waals surface area contributed by atoms with Crippen molar-refractivity contribution >= 4 is 23.5 Å². The fraction of sp³-hybridized carbons (Fsp3) is 0.175. The number of ether oxygens (including phenoxy) is 3. The predicted octanol–water partition coefficient (Wildman–Crippen LogP) is 8.42. The van der Waals surface area contributed by atoms with Crippen molar-refractivity contribution in [3.63, 3.8) is 0 Å². The van der Waals surface area contributed by atoms with Crippen LogP contribution in [0.15, 0.2) is 139 Å². The molecule has 6 aromatic rings. The number of aromatic amines is 1. The van der Waals surface area contributed by atoms with Gasteiger partial charge in [-0.2, -0.15) is 5.10 Å². The van der Waals surface area contributed by atoms with Crippen molar-refractivity contribution in [1.82, 2.24) is 20.5 Å². The molecule has 7 rings (SSSR count). The molecular weight excluding hydrogens is 663 g/mol. The number of benzene rings is 5. The monoisotopic (exact) mass is 699 g/mol. The molecular formula is C40H37N5O5S. The van der Waals surface area contributed by atoms with Crippen LogP contribution in [-0.4, -0.2) is 38.2 Å². The van der Waals surface area contributed by atoms with Gasteiger partial charge in [0.15, 0.2) is 11.4 Å². The first kappa shape index (κ1) is 34.0. The maximum atomic E-state index is 12.8. The molecule has 1 aliphatic rings. The lowest BCUT2D eigenvalue weighted by Gasteiger charge is -2.36. The molecule has 0 bridgehead atoms. The van der Waals surface area contributed by atoms with E-state index >= 15 is 0 Å². The summed E-state index contributed by atoms with van der Waals surface area (Å²) in [6.07, 6.45) is 1.32. The molecule has 3 unspecified atom stereocenters. The Morgan fingerprint density at radius 1 is 0.843 bits per heavy atom. The van der Waals surface area contributed by atoms with Gasteiger partial charge >= 0.3 is 6.03 Å². The number of carbonyl (C=O) groups excluding carboxylic acids is 1. The van der Waals surface area contributed by atoms with Gasteiger partial charge in [0.05, 0.1) is 18.8 Å². The molecule has 51 heavy (non-hydrogen) atoms. The molecule has 0 saturated carbocycles. The smallest absolute Gasteiger partial charge is 0.319 e. The highest BCUT2D eigenvalue weighted by Crippen LogP contribution is 2.40. The summed E-state index contributed by atoms with van der Waals surface area (Å²) in [5.74, 6) is 2.11. The highest BCUT2D eigenvalue weighted by atomic mass is 32.2. The van der Waals surface area contributed by atoms with Crippen molar-refractivity contribution in [2.45, 2.75) is 43.2 Å². The van der Waals surface area contributed by atoms with Crippen molar-refractivity contribution in [2.75, 3.05) is 11.1 Å². The van der Waals surface area contributed by atoms with Gasteiger partial charge in [-0.15, -0.1) is 0 Å². The fourth-order valence-electron chi connectivity index (χ4n) is 5.82. The topological polar surface area (TPSA) is 131 Å². The van der Waals surface area contributed by atoms with Crippen LogP contribution in [0.5, 0.6) is 11.5 Å². The van der Waals surface area contributed by atoms with E-state index in [1.54, 1.807) is 23.9 Å². The number of carbonyl (C=O) groups is 1. The van der Waals surface area contributed by atoms with E-state index in [0.29, 0.717) is 30.2 Å². The van der Waals surface area contributed by atoms with E-state index < -0.39 is 6.29 Å². The van der Waals surface area contributed by atoms with Crippen molar-refractivity contribution < 1.29 is 24.1 Å². The molecule has 11 heteroatoms. The normalized spacial score (nSPS) is 17.1. The Morgan fingerprint density at radius 2 is 1.57 bits per heavy atom. The molecule has 0 spiro atoms. The summed E-state index contributed by atoms with van der Waals surface area (Å²) in [5.41, 5.74) is 6.45.